The van der Waals surface area contributed by atoms with Gasteiger partial charge in [0.15, 0.2) is 0 Å². The number of aromatic nitrogens is 3. The smallest absolute Gasteiger partial charge is 0.220 e. The topological polar surface area (TPSA) is 73.0 Å². The first-order valence-corrected chi connectivity index (χ1v) is 7.49. The van der Waals surface area contributed by atoms with Crippen LogP contribution in [0.15, 0.2) is 22.8 Å². The predicted molar refractivity (Wildman–Crippen MR) is 76.7 cm³/mol. The molecule has 1 amide bonds. The fourth-order valence-corrected chi connectivity index (χ4v) is 2.75. The van der Waals surface area contributed by atoms with E-state index in [1.165, 1.54) is 0 Å². The first-order valence-electron chi connectivity index (χ1n) is 7.49. The second-order valence-electron chi connectivity index (χ2n) is 5.38. The van der Waals surface area contributed by atoms with Crippen molar-refractivity contribution in [2.45, 2.75) is 51.6 Å². The Morgan fingerprint density at radius 2 is 2.43 bits per heavy atom. The number of aryl methyl sites for hydroxylation is 3. The van der Waals surface area contributed by atoms with Crippen molar-refractivity contribution in [3.05, 3.63) is 35.8 Å². The molecule has 0 saturated heterocycles. The largest absolute Gasteiger partial charge is 0.469 e. The van der Waals surface area contributed by atoms with Gasteiger partial charge in [-0.15, -0.1) is 10.2 Å². The number of hydrogen-bond donors (Lipinski definition) is 1. The second-order valence-corrected chi connectivity index (χ2v) is 5.38. The van der Waals surface area contributed by atoms with E-state index in [0.717, 1.165) is 43.2 Å². The van der Waals surface area contributed by atoms with Gasteiger partial charge >= 0.3 is 0 Å². The van der Waals surface area contributed by atoms with Crippen LogP contribution in [0.3, 0.4) is 0 Å². The average Bonchev–Trinajstić information content (AvgIpc) is 3.14. The highest BCUT2D eigenvalue weighted by atomic mass is 16.3. The van der Waals surface area contributed by atoms with Crippen molar-refractivity contribution < 1.29 is 9.21 Å². The summed E-state index contributed by atoms with van der Waals surface area (Å²) >= 11 is 0. The summed E-state index contributed by atoms with van der Waals surface area (Å²) in [6, 6.07) is 3.90. The van der Waals surface area contributed by atoms with Crippen LogP contribution < -0.4 is 5.32 Å². The lowest BCUT2D eigenvalue weighted by Gasteiger charge is -2.25. The van der Waals surface area contributed by atoms with Gasteiger partial charge in [-0.1, -0.05) is 6.92 Å². The average molecular weight is 288 g/mol. The summed E-state index contributed by atoms with van der Waals surface area (Å²) in [6.07, 6.45) is 5.40. The normalized spacial score (nSPS) is 17.5. The molecule has 1 atom stereocenters. The Kier molecular flexibility index (Phi) is 4.03. The lowest BCUT2D eigenvalue weighted by atomic mass is 10.1. The number of nitrogens with zero attached hydrogens (tertiary/aromatic N) is 3. The summed E-state index contributed by atoms with van der Waals surface area (Å²) in [6.45, 7) is 2.85. The van der Waals surface area contributed by atoms with Crippen molar-refractivity contribution in [1.82, 2.24) is 20.1 Å². The second kappa shape index (κ2) is 6.11. The lowest BCUT2D eigenvalue weighted by molar-refractivity contribution is -0.122. The fraction of sp³-hybridized carbons (Fsp3) is 0.533. The highest BCUT2D eigenvalue weighted by Crippen LogP contribution is 2.15. The number of furan rings is 1. The van der Waals surface area contributed by atoms with Gasteiger partial charge in [-0.2, -0.15) is 0 Å². The molecule has 0 saturated carbocycles. The van der Waals surface area contributed by atoms with Crippen molar-refractivity contribution in [1.29, 1.82) is 0 Å². The molecule has 0 fully saturated rings. The number of rotatable bonds is 5. The van der Waals surface area contributed by atoms with Gasteiger partial charge in [-0.25, -0.2) is 0 Å². The lowest BCUT2D eigenvalue weighted by Crippen LogP contribution is -2.41. The SMILES string of the molecule is CCc1nnc2n1CC(NC(=O)CCc1ccco1)CC2. The van der Waals surface area contributed by atoms with Crippen LogP contribution in [0.4, 0.5) is 0 Å². The van der Waals surface area contributed by atoms with Crippen molar-refractivity contribution in [2.24, 2.45) is 0 Å². The van der Waals surface area contributed by atoms with Gasteiger partial charge in [-0.05, 0) is 18.6 Å². The first kappa shape index (κ1) is 13.9. The van der Waals surface area contributed by atoms with Crippen LogP contribution in [0, 0.1) is 0 Å². The Bertz CT molecular complexity index is 590. The number of carbonyl (C=O) groups is 1. The zero-order valence-corrected chi connectivity index (χ0v) is 12.2. The van der Waals surface area contributed by atoms with Gasteiger partial charge < -0.3 is 14.3 Å². The minimum Gasteiger partial charge on any atom is -0.469 e. The van der Waals surface area contributed by atoms with Crippen LogP contribution in [0.1, 0.15) is 37.2 Å². The molecule has 21 heavy (non-hydrogen) atoms. The molecule has 3 rings (SSSR count). The summed E-state index contributed by atoms with van der Waals surface area (Å²) in [5.41, 5.74) is 0. The molecule has 3 heterocycles. The molecule has 6 heteroatoms. The van der Waals surface area contributed by atoms with Crippen LogP contribution in [-0.2, 0) is 30.6 Å². The Labute approximate surface area is 123 Å². The van der Waals surface area contributed by atoms with E-state index in [9.17, 15) is 4.79 Å². The number of amides is 1. The van der Waals surface area contributed by atoms with Gasteiger partial charge in [0, 0.05) is 38.3 Å². The van der Waals surface area contributed by atoms with E-state index in [4.69, 9.17) is 4.42 Å². The molecule has 2 aromatic heterocycles. The third-order valence-corrected chi connectivity index (χ3v) is 3.88. The molecule has 1 aliphatic rings. The highest BCUT2D eigenvalue weighted by molar-refractivity contribution is 5.76. The van der Waals surface area contributed by atoms with Gasteiger partial charge in [0.1, 0.15) is 17.4 Å². The zero-order valence-electron chi connectivity index (χ0n) is 12.2. The summed E-state index contributed by atoms with van der Waals surface area (Å²) in [5.74, 6) is 2.96. The third-order valence-electron chi connectivity index (χ3n) is 3.88. The number of carbonyl (C=O) groups excluding carboxylic acids is 1. The van der Waals surface area contributed by atoms with Crippen molar-refractivity contribution in [2.75, 3.05) is 0 Å². The van der Waals surface area contributed by atoms with E-state index < -0.39 is 0 Å². The van der Waals surface area contributed by atoms with Crippen LogP contribution in [0.25, 0.3) is 0 Å². The molecular weight excluding hydrogens is 268 g/mol. The molecule has 2 aromatic rings. The zero-order chi connectivity index (χ0) is 14.7. The standard InChI is InChI=1S/C15H20N4O2/c1-2-13-17-18-14-7-5-11(10-19(13)14)16-15(20)8-6-12-4-3-9-21-12/h3-4,9,11H,2,5-8,10H2,1H3,(H,16,20). The third kappa shape index (κ3) is 3.15. The molecule has 6 nitrogen and oxygen atoms in total. The summed E-state index contributed by atoms with van der Waals surface area (Å²) in [5, 5.41) is 11.5. The molecule has 1 unspecified atom stereocenters. The molecule has 1 N–H and O–H groups in total. The van der Waals surface area contributed by atoms with Crippen LogP contribution in [0.5, 0.6) is 0 Å². The minimum absolute atomic E-state index is 0.0750. The van der Waals surface area contributed by atoms with Crippen LogP contribution in [-0.4, -0.2) is 26.7 Å². The molecule has 0 spiro atoms. The number of hydrogen-bond acceptors (Lipinski definition) is 4. The van der Waals surface area contributed by atoms with Crippen molar-refractivity contribution in [3.63, 3.8) is 0 Å². The van der Waals surface area contributed by atoms with Gasteiger partial charge in [0.2, 0.25) is 5.91 Å². The molecule has 0 bridgehead atoms. The van der Waals surface area contributed by atoms with E-state index in [0.29, 0.717) is 12.8 Å². The van der Waals surface area contributed by atoms with Gasteiger partial charge in [0.25, 0.3) is 0 Å². The maximum absolute atomic E-state index is 12.0. The summed E-state index contributed by atoms with van der Waals surface area (Å²) in [4.78, 5) is 12.0. The quantitative estimate of drug-likeness (QED) is 0.905. The molecular formula is C15H20N4O2. The molecule has 112 valence electrons. The highest BCUT2D eigenvalue weighted by Gasteiger charge is 2.23. The van der Waals surface area contributed by atoms with Crippen molar-refractivity contribution >= 4 is 5.91 Å². The maximum atomic E-state index is 12.0. The van der Waals surface area contributed by atoms with E-state index in [1.807, 2.05) is 12.1 Å². The molecule has 0 aromatic carbocycles. The Balaban J connectivity index is 1.53. The number of nitrogens with one attached hydrogen (secondary N) is 1. The first-order chi connectivity index (χ1) is 10.3. The Hall–Kier alpha value is -2.11. The Morgan fingerprint density at radius 1 is 1.52 bits per heavy atom. The van der Waals surface area contributed by atoms with E-state index >= 15 is 0 Å². The van der Waals surface area contributed by atoms with E-state index in [1.54, 1.807) is 6.26 Å². The minimum atomic E-state index is 0.0750. The van der Waals surface area contributed by atoms with Crippen LogP contribution >= 0.6 is 0 Å². The van der Waals surface area contributed by atoms with E-state index in [-0.39, 0.29) is 11.9 Å². The van der Waals surface area contributed by atoms with Crippen LogP contribution in [0.2, 0.25) is 0 Å². The molecule has 0 radical (unpaired) electrons. The van der Waals surface area contributed by atoms with Gasteiger partial charge in [-0.3, -0.25) is 4.79 Å². The van der Waals surface area contributed by atoms with E-state index in [2.05, 4.69) is 27.0 Å². The predicted octanol–water partition coefficient (Wildman–Crippen LogP) is 1.50. The fourth-order valence-electron chi connectivity index (χ4n) is 2.75. The van der Waals surface area contributed by atoms with Crippen molar-refractivity contribution in [3.8, 4) is 0 Å². The number of fused-ring (bicyclic) bond motifs is 1. The summed E-state index contributed by atoms with van der Waals surface area (Å²) < 4.78 is 7.38. The van der Waals surface area contributed by atoms with Gasteiger partial charge in [0.05, 0.1) is 6.26 Å². The summed E-state index contributed by atoms with van der Waals surface area (Å²) in [7, 11) is 0. The molecule has 1 aliphatic heterocycles. The Morgan fingerprint density at radius 3 is 3.19 bits per heavy atom. The monoisotopic (exact) mass is 288 g/mol. The maximum Gasteiger partial charge on any atom is 0.220 e. The molecule has 0 aliphatic carbocycles.